The number of carboxylic acids is 1. The number of hydrogen-bond donors (Lipinski definition) is 2. The van der Waals surface area contributed by atoms with Crippen molar-refractivity contribution in [3.05, 3.63) is 59.7 Å². The van der Waals surface area contributed by atoms with Gasteiger partial charge in [-0.15, -0.1) is 0 Å². The van der Waals surface area contributed by atoms with Crippen LogP contribution in [0, 0.1) is 5.92 Å². The molecule has 7 heteroatoms. The molecule has 0 aromatic heterocycles. The molecule has 1 heterocycles. The molecule has 2 aromatic carbocycles. The lowest BCUT2D eigenvalue weighted by Crippen LogP contribution is -2.26. The van der Waals surface area contributed by atoms with Crippen LogP contribution in [-0.4, -0.2) is 54.0 Å². The van der Waals surface area contributed by atoms with Crippen molar-refractivity contribution >= 4 is 11.8 Å². The Morgan fingerprint density at radius 2 is 1.58 bits per heavy atom. The van der Waals surface area contributed by atoms with Gasteiger partial charge in [-0.25, -0.2) is 0 Å². The van der Waals surface area contributed by atoms with Crippen molar-refractivity contribution in [1.82, 2.24) is 0 Å². The first-order valence-electron chi connectivity index (χ1n) is 10.3. The highest BCUT2D eigenvalue weighted by atomic mass is 16.6. The smallest absolute Gasteiger partial charge is 0.307 e. The van der Waals surface area contributed by atoms with Gasteiger partial charge in [-0.05, 0) is 55.2 Å². The number of benzene rings is 2. The molecular weight excluding hydrogens is 400 g/mol. The molecule has 1 saturated heterocycles. The third-order valence-electron chi connectivity index (χ3n) is 4.98. The number of carboxylic acid groups (broad SMARTS) is 1. The van der Waals surface area contributed by atoms with E-state index in [0.29, 0.717) is 12.4 Å². The summed E-state index contributed by atoms with van der Waals surface area (Å²) in [6.45, 7) is 2.67. The molecule has 0 radical (unpaired) electrons. The van der Waals surface area contributed by atoms with E-state index < -0.39 is 18.0 Å². The summed E-state index contributed by atoms with van der Waals surface area (Å²) in [4.78, 5) is 22.4. The normalized spacial score (nSPS) is 16.9. The van der Waals surface area contributed by atoms with E-state index in [0.717, 1.165) is 29.9 Å². The first-order chi connectivity index (χ1) is 14.9. The van der Waals surface area contributed by atoms with Crippen LogP contribution in [0.3, 0.4) is 0 Å². The third kappa shape index (κ3) is 8.03. The summed E-state index contributed by atoms with van der Waals surface area (Å²) >= 11 is 0. The second-order valence-corrected chi connectivity index (χ2v) is 7.87. The van der Waals surface area contributed by atoms with Crippen molar-refractivity contribution in [2.45, 2.75) is 38.4 Å². The lowest BCUT2D eigenvalue weighted by Gasteiger charge is -2.16. The summed E-state index contributed by atoms with van der Waals surface area (Å²) in [6, 6.07) is 15.5. The minimum atomic E-state index is -1.09. The molecule has 0 amide bonds. The molecule has 1 fully saturated rings. The highest BCUT2D eigenvalue weighted by Crippen LogP contribution is 2.20. The van der Waals surface area contributed by atoms with Crippen molar-refractivity contribution in [3.63, 3.8) is 0 Å². The van der Waals surface area contributed by atoms with E-state index in [2.05, 4.69) is 0 Å². The fourth-order valence-electron chi connectivity index (χ4n) is 3.20. The van der Waals surface area contributed by atoms with Crippen LogP contribution in [0.15, 0.2) is 48.5 Å². The number of aliphatic carboxylic acids is 1. The number of aliphatic hydroxyl groups excluding tert-OH is 1. The van der Waals surface area contributed by atoms with Crippen molar-refractivity contribution in [1.29, 1.82) is 0 Å². The van der Waals surface area contributed by atoms with Crippen LogP contribution in [0.25, 0.3) is 0 Å². The molecule has 0 saturated carbocycles. The standard InChI is InChI=1S/C24H28O7/c1-16(25)10-19(24(27)28)12-20(26)13-29-21-6-2-17(3-7-21)11-18-4-8-22(9-5-18)30-14-23-15-31-23/h2-9,19-20,23,26H,10-15H2,1H3,(H,27,28). The Balaban J connectivity index is 1.44. The van der Waals surface area contributed by atoms with Crippen LogP contribution in [0.5, 0.6) is 11.5 Å². The quantitative estimate of drug-likeness (QED) is 0.473. The fraction of sp³-hybridized carbons (Fsp3) is 0.417. The molecule has 0 bridgehead atoms. The second kappa shape index (κ2) is 10.9. The molecule has 1 aliphatic rings. The molecule has 3 atom stereocenters. The molecule has 166 valence electrons. The summed E-state index contributed by atoms with van der Waals surface area (Å²) in [5.74, 6) is -0.791. The Bertz CT molecular complexity index is 857. The number of rotatable bonds is 13. The highest BCUT2D eigenvalue weighted by molar-refractivity contribution is 5.81. The number of Topliss-reactive ketones (excluding diaryl/α,β-unsaturated/α-hetero) is 1. The number of epoxide rings is 1. The molecule has 3 rings (SSSR count). The third-order valence-corrected chi connectivity index (χ3v) is 4.98. The Labute approximate surface area is 181 Å². The minimum absolute atomic E-state index is 0.0274. The van der Waals surface area contributed by atoms with Crippen LogP contribution >= 0.6 is 0 Å². The predicted molar refractivity (Wildman–Crippen MR) is 113 cm³/mol. The zero-order valence-corrected chi connectivity index (χ0v) is 17.5. The molecule has 31 heavy (non-hydrogen) atoms. The molecule has 3 unspecified atom stereocenters. The molecule has 2 aromatic rings. The summed E-state index contributed by atoms with van der Waals surface area (Å²) in [6.07, 6.45) is -0.0861. The van der Waals surface area contributed by atoms with Crippen LogP contribution in [0.1, 0.15) is 30.9 Å². The lowest BCUT2D eigenvalue weighted by molar-refractivity contribution is -0.144. The number of ketones is 1. The monoisotopic (exact) mass is 428 g/mol. The maximum atomic E-state index is 11.2. The van der Waals surface area contributed by atoms with Crippen molar-refractivity contribution in [2.24, 2.45) is 5.92 Å². The molecule has 7 nitrogen and oxygen atoms in total. The summed E-state index contributed by atoms with van der Waals surface area (Å²) < 4.78 is 16.3. The van der Waals surface area contributed by atoms with Gasteiger partial charge in [-0.1, -0.05) is 24.3 Å². The van der Waals surface area contributed by atoms with Gasteiger partial charge in [0.1, 0.15) is 36.6 Å². The van der Waals surface area contributed by atoms with Gasteiger partial charge in [0.25, 0.3) is 0 Å². The average molecular weight is 428 g/mol. The number of aliphatic hydroxyl groups is 1. The fourth-order valence-corrected chi connectivity index (χ4v) is 3.20. The van der Waals surface area contributed by atoms with E-state index in [4.69, 9.17) is 19.3 Å². The van der Waals surface area contributed by atoms with Gasteiger partial charge < -0.3 is 29.2 Å². The first kappa shape index (κ1) is 22.8. The van der Waals surface area contributed by atoms with Gasteiger partial charge in [-0.3, -0.25) is 4.79 Å². The van der Waals surface area contributed by atoms with Gasteiger partial charge in [0.2, 0.25) is 0 Å². The van der Waals surface area contributed by atoms with Gasteiger partial charge in [0.15, 0.2) is 0 Å². The topological polar surface area (TPSA) is 106 Å². The first-order valence-corrected chi connectivity index (χ1v) is 10.3. The zero-order chi connectivity index (χ0) is 22.2. The SMILES string of the molecule is CC(=O)CC(CC(O)COc1ccc(Cc2ccc(OCC3CO3)cc2)cc1)C(=O)O. The molecular formula is C24H28O7. The largest absolute Gasteiger partial charge is 0.491 e. The number of ether oxygens (including phenoxy) is 3. The van der Waals surface area contributed by atoms with Gasteiger partial charge in [0.05, 0.1) is 18.6 Å². The zero-order valence-electron chi connectivity index (χ0n) is 17.5. The molecule has 0 spiro atoms. The molecule has 1 aliphatic heterocycles. The average Bonchev–Trinajstić information content (AvgIpc) is 3.56. The van der Waals surface area contributed by atoms with Crippen molar-refractivity contribution < 1.29 is 34.0 Å². The Hall–Kier alpha value is -2.90. The number of carbonyl (C=O) groups is 2. The summed E-state index contributed by atoms with van der Waals surface area (Å²) in [5, 5.41) is 19.2. The maximum Gasteiger partial charge on any atom is 0.307 e. The predicted octanol–water partition coefficient (Wildman–Crippen LogP) is 2.86. The van der Waals surface area contributed by atoms with Gasteiger partial charge >= 0.3 is 5.97 Å². The molecule has 2 N–H and O–H groups in total. The summed E-state index contributed by atoms with van der Waals surface area (Å²) in [5.41, 5.74) is 2.27. The van der Waals surface area contributed by atoms with Crippen LogP contribution in [-0.2, 0) is 20.7 Å². The van der Waals surface area contributed by atoms with Crippen molar-refractivity contribution in [3.8, 4) is 11.5 Å². The maximum absolute atomic E-state index is 11.2. The van der Waals surface area contributed by atoms with E-state index in [9.17, 15) is 14.7 Å². The number of carbonyl (C=O) groups excluding carboxylic acids is 1. The van der Waals surface area contributed by atoms with Gasteiger partial charge in [0, 0.05) is 6.42 Å². The van der Waals surface area contributed by atoms with Gasteiger partial charge in [-0.2, -0.15) is 0 Å². The van der Waals surface area contributed by atoms with Crippen LogP contribution < -0.4 is 9.47 Å². The minimum Gasteiger partial charge on any atom is -0.491 e. The Morgan fingerprint density at radius 1 is 1.03 bits per heavy atom. The second-order valence-electron chi connectivity index (χ2n) is 7.87. The van der Waals surface area contributed by atoms with E-state index in [1.165, 1.54) is 6.92 Å². The van der Waals surface area contributed by atoms with E-state index in [1.54, 1.807) is 0 Å². The molecule has 0 aliphatic carbocycles. The van der Waals surface area contributed by atoms with Crippen LogP contribution in [0.2, 0.25) is 0 Å². The van der Waals surface area contributed by atoms with E-state index >= 15 is 0 Å². The van der Waals surface area contributed by atoms with E-state index in [-0.39, 0.29) is 31.3 Å². The lowest BCUT2D eigenvalue weighted by atomic mass is 9.96. The number of hydrogen-bond acceptors (Lipinski definition) is 6. The van der Waals surface area contributed by atoms with E-state index in [1.807, 2.05) is 48.5 Å². The summed E-state index contributed by atoms with van der Waals surface area (Å²) in [7, 11) is 0. The Kier molecular flexibility index (Phi) is 8.03. The Morgan fingerprint density at radius 3 is 2.06 bits per heavy atom. The van der Waals surface area contributed by atoms with Crippen LogP contribution in [0.4, 0.5) is 0 Å². The van der Waals surface area contributed by atoms with Crippen molar-refractivity contribution in [2.75, 3.05) is 19.8 Å². The highest BCUT2D eigenvalue weighted by Gasteiger charge is 2.24.